The topological polar surface area (TPSA) is 260 Å². The van der Waals surface area contributed by atoms with Gasteiger partial charge in [0.1, 0.15) is 30.0 Å². The quantitative estimate of drug-likeness (QED) is 0.0536. The summed E-state index contributed by atoms with van der Waals surface area (Å²) in [5.74, 6) is -8.30. The summed E-state index contributed by atoms with van der Waals surface area (Å²) in [5, 5.41) is 31.9. The van der Waals surface area contributed by atoms with Crippen LogP contribution in [0.3, 0.4) is 0 Å². The van der Waals surface area contributed by atoms with E-state index in [4.69, 9.17) is 28.4 Å². The average Bonchev–Trinajstić information content (AvgIpc) is 3.48. The lowest BCUT2D eigenvalue weighted by Crippen LogP contribution is -2.82. The number of hydrogen-bond acceptors (Lipinski definition) is 17. The van der Waals surface area contributed by atoms with Crippen LogP contribution in [-0.4, -0.2) is 144 Å². The number of benzene rings is 3. The Labute approximate surface area is 454 Å². The van der Waals surface area contributed by atoms with Crippen LogP contribution < -0.4 is 10.6 Å². The van der Waals surface area contributed by atoms with Gasteiger partial charge in [0.25, 0.3) is 5.91 Å². The molecule has 2 saturated carbocycles. The van der Waals surface area contributed by atoms with E-state index in [0.29, 0.717) is 18.5 Å². The van der Waals surface area contributed by atoms with Gasteiger partial charge >= 0.3 is 29.8 Å². The highest BCUT2D eigenvalue weighted by Gasteiger charge is 2.78. The summed E-state index contributed by atoms with van der Waals surface area (Å²) in [6, 6.07) is 22.7. The summed E-state index contributed by atoms with van der Waals surface area (Å²) < 4.78 is 36.9. The van der Waals surface area contributed by atoms with Crippen molar-refractivity contribution in [1.82, 2.24) is 15.5 Å². The van der Waals surface area contributed by atoms with E-state index in [1.165, 1.54) is 26.0 Å². The van der Waals surface area contributed by atoms with Gasteiger partial charge in [-0.05, 0) is 88.3 Å². The molecule has 0 aromatic heterocycles. The molecular formula is C57H70ClN3O16. The van der Waals surface area contributed by atoms with E-state index in [9.17, 15) is 39.0 Å². The van der Waals surface area contributed by atoms with Crippen molar-refractivity contribution in [1.29, 1.82) is 0 Å². The molecule has 3 fully saturated rings. The van der Waals surface area contributed by atoms with Gasteiger partial charge in [-0.3, -0.25) is 28.8 Å². The van der Waals surface area contributed by atoms with E-state index >= 15 is 9.59 Å². The van der Waals surface area contributed by atoms with E-state index in [1.54, 1.807) is 92.7 Å². The maximum absolute atomic E-state index is 15.8. The van der Waals surface area contributed by atoms with Gasteiger partial charge in [-0.15, -0.1) is 12.4 Å². The molecule has 20 heteroatoms. The molecule has 2 amide bonds. The summed E-state index contributed by atoms with van der Waals surface area (Å²) in [6.45, 7) is 9.04. The fourth-order valence-corrected chi connectivity index (χ4v) is 11.6. The van der Waals surface area contributed by atoms with Crippen LogP contribution in [0.5, 0.6) is 0 Å². The third kappa shape index (κ3) is 12.1. The van der Waals surface area contributed by atoms with E-state index in [-0.39, 0.29) is 72.9 Å². The van der Waals surface area contributed by atoms with Crippen LogP contribution in [-0.2, 0) is 57.2 Å². The minimum Gasteiger partial charge on any atom is -0.455 e. The number of halogens is 1. The zero-order chi connectivity index (χ0) is 55.3. The Morgan fingerprint density at radius 3 is 2.00 bits per heavy atom. The number of nitrogens with one attached hydrogen (secondary N) is 2. The minimum atomic E-state index is -2.48. The molecule has 1 heterocycles. The van der Waals surface area contributed by atoms with Crippen molar-refractivity contribution in [3.05, 3.63) is 119 Å². The largest absolute Gasteiger partial charge is 0.455 e. The molecule has 3 aromatic rings. The van der Waals surface area contributed by atoms with Gasteiger partial charge in [0.05, 0.1) is 29.6 Å². The molecule has 0 radical (unpaired) electrons. The van der Waals surface area contributed by atoms with E-state index < -0.39 is 119 Å². The minimum absolute atomic E-state index is 0. The first-order chi connectivity index (χ1) is 36.0. The molecule has 4 N–H and O–H groups in total. The third-order valence-electron chi connectivity index (χ3n) is 15.6. The molecule has 0 spiro atoms. The number of aliphatic hydroxyl groups excluding tert-OH is 1. The van der Waals surface area contributed by atoms with Gasteiger partial charge in [-0.1, -0.05) is 80.6 Å². The molecule has 77 heavy (non-hydrogen) atoms. The second-order valence-electron chi connectivity index (χ2n) is 21.2. The Kier molecular flexibility index (Phi) is 19.0. The highest BCUT2D eigenvalue weighted by molar-refractivity contribution is 5.96. The summed E-state index contributed by atoms with van der Waals surface area (Å²) >= 11 is 0. The second-order valence-corrected chi connectivity index (χ2v) is 21.2. The van der Waals surface area contributed by atoms with Crippen LogP contribution in [0, 0.1) is 16.7 Å². The van der Waals surface area contributed by atoms with Crippen molar-refractivity contribution in [2.24, 2.45) is 16.7 Å². The number of amides is 2. The number of esters is 5. The Hall–Kier alpha value is -6.51. The van der Waals surface area contributed by atoms with Crippen molar-refractivity contribution in [3.8, 4) is 0 Å². The van der Waals surface area contributed by atoms with Crippen LogP contribution in [0.2, 0.25) is 0 Å². The number of ether oxygens (including phenoxy) is 6. The molecule has 3 aromatic carbocycles. The van der Waals surface area contributed by atoms with Crippen molar-refractivity contribution in [3.63, 3.8) is 0 Å². The molecule has 7 rings (SSSR count). The number of carbonyl (C=O) groups excluding carboxylic acids is 8. The van der Waals surface area contributed by atoms with Crippen LogP contribution in [0.15, 0.2) is 102 Å². The number of Topliss-reactive ketones (excluding diaryl/α,β-unsaturated/α-hetero) is 1. The summed E-state index contributed by atoms with van der Waals surface area (Å²) in [5.41, 5.74) is -7.53. The second kappa shape index (κ2) is 24.4. The van der Waals surface area contributed by atoms with Crippen LogP contribution in [0.25, 0.3) is 0 Å². The van der Waals surface area contributed by atoms with E-state index in [2.05, 4.69) is 10.6 Å². The summed E-state index contributed by atoms with van der Waals surface area (Å²) in [7, 11) is 3.84. The lowest BCUT2D eigenvalue weighted by atomic mass is 9.44. The van der Waals surface area contributed by atoms with Crippen molar-refractivity contribution < 1.29 is 77.0 Å². The fourth-order valence-electron chi connectivity index (χ4n) is 11.6. The first-order valence-corrected chi connectivity index (χ1v) is 25.6. The number of rotatable bonds is 19. The van der Waals surface area contributed by atoms with Crippen LogP contribution in [0.1, 0.15) is 112 Å². The Bertz CT molecular complexity index is 2700. The fraction of sp³-hybridized carbons (Fsp3) is 0.509. The molecular weight excluding hydrogens is 1020 g/mol. The molecule has 11 atom stereocenters. The molecule has 6 unspecified atom stereocenters. The number of carbonyl (C=O) groups is 8. The predicted molar refractivity (Wildman–Crippen MR) is 279 cm³/mol. The van der Waals surface area contributed by atoms with E-state index in [0.717, 1.165) is 20.4 Å². The number of fused-ring (bicyclic) bond motifs is 5. The lowest BCUT2D eigenvalue weighted by Gasteiger charge is -2.67. The number of hydrogen-bond donors (Lipinski definition) is 4. The molecule has 4 aliphatic rings. The highest BCUT2D eigenvalue weighted by Crippen LogP contribution is 2.64. The molecule has 1 aliphatic heterocycles. The van der Waals surface area contributed by atoms with Crippen molar-refractivity contribution >= 4 is 59.9 Å². The highest BCUT2D eigenvalue weighted by atomic mass is 35.5. The predicted octanol–water partition coefficient (Wildman–Crippen LogP) is 4.95. The van der Waals surface area contributed by atoms with E-state index in [1.807, 2.05) is 19.0 Å². The Morgan fingerprint density at radius 2 is 1.43 bits per heavy atom. The van der Waals surface area contributed by atoms with Gasteiger partial charge < -0.3 is 54.2 Å². The number of aliphatic hydroxyl groups is 2. The molecule has 3 aliphatic carbocycles. The maximum Gasteiger partial charge on any atom is 0.350 e. The monoisotopic (exact) mass is 1090 g/mol. The zero-order valence-corrected chi connectivity index (χ0v) is 45.4. The van der Waals surface area contributed by atoms with Crippen LogP contribution in [0.4, 0.5) is 0 Å². The summed E-state index contributed by atoms with van der Waals surface area (Å²) in [4.78, 5) is 115. The SMILES string of the molecule is CC(=O)O[C@H]1C(=O)[C@@]2(C)C(C(OC(=O)c3ccccc3)[C@]3(O)C[C@H](OC(=O)C(OC(=O)CCCC(=O)NCCCN(C)C)C(NC(=O)c4ccccc4)c4ccccc4)C(C)=C1C3(C)C)C1(OC(C)=O)COC1C[C@@H]2O.Cl. The van der Waals surface area contributed by atoms with Crippen LogP contribution >= 0.6 is 12.4 Å². The van der Waals surface area contributed by atoms with Crippen molar-refractivity contribution in [2.45, 2.75) is 134 Å². The van der Waals surface area contributed by atoms with Gasteiger partial charge in [-0.25, -0.2) is 9.59 Å². The van der Waals surface area contributed by atoms with Gasteiger partial charge in [0.2, 0.25) is 12.0 Å². The van der Waals surface area contributed by atoms with Gasteiger partial charge in [0, 0.05) is 57.1 Å². The van der Waals surface area contributed by atoms with Crippen molar-refractivity contribution in [2.75, 3.05) is 33.8 Å². The first-order valence-electron chi connectivity index (χ1n) is 25.6. The average molecular weight is 1090 g/mol. The first kappa shape index (κ1) is 59.7. The summed E-state index contributed by atoms with van der Waals surface area (Å²) in [6.07, 6.45) is -10.5. The van der Waals surface area contributed by atoms with Gasteiger partial charge in [-0.2, -0.15) is 0 Å². The lowest BCUT2D eigenvalue weighted by molar-refractivity contribution is -0.346. The zero-order valence-electron chi connectivity index (χ0n) is 44.6. The molecule has 416 valence electrons. The van der Waals surface area contributed by atoms with Gasteiger partial charge in [0.15, 0.2) is 17.5 Å². The Morgan fingerprint density at radius 1 is 0.818 bits per heavy atom. The molecule has 19 nitrogen and oxygen atoms in total. The molecule has 2 bridgehead atoms. The molecule has 1 saturated heterocycles. The number of ketones is 1. The normalized spacial score (nSPS) is 27.7. The standard InChI is InChI=1S/C57H69N3O16.ClH/c1-33-39(73-53(69)47(74-43(65)27-18-26-42(64)58-28-19-29-60(7)8)45(36-20-12-9-13-21-36)59-51(67)37-22-14-10-15-23-37)31-57(70)50(75-52(68)38-24-16-11-17-25-38)48-55(6,40(63)30-41-56(48,32-71-41)76-35(3)62)49(66)46(72-34(2)61)44(33)54(57,4)5;/h9-17,20-25,39-41,45-48,50,63,70H,18-19,26-32H2,1-8H3,(H,58,64)(H,59,67);1H/t39-,40-,41?,45?,46+,47?,48?,50?,55+,56?,57+;/m0./s1. The smallest absolute Gasteiger partial charge is 0.350 e. The third-order valence-corrected chi connectivity index (χ3v) is 15.6. The Balaban J connectivity index is 0.00000961. The maximum atomic E-state index is 15.8. The number of nitrogens with zero attached hydrogens (tertiary/aromatic N) is 1.